The van der Waals surface area contributed by atoms with Gasteiger partial charge in [0.1, 0.15) is 11.5 Å². The van der Waals surface area contributed by atoms with E-state index in [4.69, 9.17) is 27.6 Å². The van der Waals surface area contributed by atoms with Crippen molar-refractivity contribution in [2.24, 2.45) is 0 Å². The van der Waals surface area contributed by atoms with Gasteiger partial charge in [0.2, 0.25) is 0 Å². The fourth-order valence-electron chi connectivity index (χ4n) is 3.12. The molecule has 4 nitrogen and oxygen atoms in total. The first-order chi connectivity index (χ1) is 13.9. The zero-order valence-corrected chi connectivity index (χ0v) is 16.8. The van der Waals surface area contributed by atoms with Crippen LogP contribution in [-0.2, 0) is 0 Å². The normalized spacial score (nSPS) is 11.4. The molecule has 0 atom stereocenters. The van der Waals surface area contributed by atoms with Gasteiger partial charge in [0, 0.05) is 16.0 Å². The number of fused-ring (bicyclic) bond motifs is 1. The summed E-state index contributed by atoms with van der Waals surface area (Å²) in [6, 6.07) is 15.8. The second-order valence-corrected chi connectivity index (χ2v) is 7.37. The van der Waals surface area contributed by atoms with E-state index in [1.807, 2.05) is 19.1 Å². The maximum absolute atomic E-state index is 11.7. The van der Waals surface area contributed by atoms with Crippen LogP contribution in [0.1, 0.15) is 27.4 Å². The van der Waals surface area contributed by atoms with Gasteiger partial charge in [0.05, 0.1) is 21.8 Å². The number of halogens is 2. The summed E-state index contributed by atoms with van der Waals surface area (Å²) in [4.78, 5) is 16.3. The van der Waals surface area contributed by atoms with Crippen molar-refractivity contribution in [2.75, 3.05) is 0 Å². The molecule has 0 aliphatic heterocycles. The molecular weight excluding hydrogens is 409 g/mol. The lowest BCUT2D eigenvalue weighted by Gasteiger charge is -2.06. The smallest absolute Gasteiger partial charge is 0.336 e. The molecule has 2 aromatic heterocycles. The lowest BCUT2D eigenvalue weighted by atomic mass is 10.0. The molecule has 0 amide bonds. The van der Waals surface area contributed by atoms with Crippen molar-refractivity contribution >= 4 is 52.2 Å². The minimum absolute atomic E-state index is 0.212. The second-order valence-electron chi connectivity index (χ2n) is 6.53. The Morgan fingerprint density at radius 3 is 2.69 bits per heavy atom. The quantitative estimate of drug-likeness (QED) is 0.384. The van der Waals surface area contributed by atoms with Crippen molar-refractivity contribution in [3.05, 3.63) is 87.2 Å². The Labute approximate surface area is 177 Å². The van der Waals surface area contributed by atoms with Gasteiger partial charge in [-0.05, 0) is 61.0 Å². The van der Waals surface area contributed by atoms with Gasteiger partial charge in [-0.3, -0.25) is 0 Å². The highest BCUT2D eigenvalue weighted by Crippen LogP contribution is 2.32. The van der Waals surface area contributed by atoms with Crippen LogP contribution in [0.5, 0.6) is 0 Å². The van der Waals surface area contributed by atoms with E-state index in [0.29, 0.717) is 43.7 Å². The van der Waals surface area contributed by atoms with E-state index >= 15 is 0 Å². The number of carbonyl (C=O) groups is 1. The molecule has 0 unspecified atom stereocenters. The van der Waals surface area contributed by atoms with E-state index in [2.05, 4.69) is 4.98 Å². The molecule has 0 aliphatic rings. The standard InChI is InChI=1S/C23H15Cl2NO3/c1-13-3-2-4-17-18(23(27)28)12-15(26-22(13)17)6-7-16-8-10-21(29-16)19-11-14(24)5-9-20(19)25/h2-12H,1H3,(H,27,28). The maximum Gasteiger partial charge on any atom is 0.336 e. The molecular formula is C23H15Cl2NO3. The Morgan fingerprint density at radius 2 is 1.90 bits per heavy atom. The molecule has 0 fully saturated rings. The molecule has 2 aromatic carbocycles. The fraction of sp³-hybridized carbons (Fsp3) is 0.0435. The number of aryl methyl sites for hydroxylation is 1. The van der Waals surface area contributed by atoms with Gasteiger partial charge in [-0.25, -0.2) is 9.78 Å². The third-order valence-corrected chi connectivity index (χ3v) is 5.10. The van der Waals surface area contributed by atoms with E-state index in [9.17, 15) is 9.90 Å². The Bertz CT molecular complexity index is 1270. The van der Waals surface area contributed by atoms with Crippen LogP contribution < -0.4 is 0 Å². The summed E-state index contributed by atoms with van der Waals surface area (Å²) in [6.07, 6.45) is 3.46. The topological polar surface area (TPSA) is 63.3 Å². The lowest BCUT2D eigenvalue weighted by molar-refractivity contribution is 0.0699. The largest absolute Gasteiger partial charge is 0.478 e. The van der Waals surface area contributed by atoms with Crippen molar-refractivity contribution in [2.45, 2.75) is 6.92 Å². The zero-order valence-electron chi connectivity index (χ0n) is 15.3. The Kier molecular flexibility index (Phi) is 5.14. The summed E-state index contributed by atoms with van der Waals surface area (Å²) >= 11 is 12.3. The van der Waals surface area contributed by atoms with Gasteiger partial charge in [0.15, 0.2) is 0 Å². The van der Waals surface area contributed by atoms with Crippen molar-refractivity contribution in [1.29, 1.82) is 0 Å². The van der Waals surface area contributed by atoms with Gasteiger partial charge in [-0.1, -0.05) is 41.4 Å². The highest BCUT2D eigenvalue weighted by Gasteiger charge is 2.12. The third-order valence-electron chi connectivity index (χ3n) is 4.53. The number of para-hydroxylation sites is 1. The van der Waals surface area contributed by atoms with Crippen molar-refractivity contribution < 1.29 is 14.3 Å². The molecule has 29 heavy (non-hydrogen) atoms. The number of rotatable bonds is 4. The van der Waals surface area contributed by atoms with Crippen LogP contribution in [0, 0.1) is 6.92 Å². The molecule has 0 radical (unpaired) electrons. The molecule has 0 bridgehead atoms. The van der Waals surface area contributed by atoms with Crippen molar-refractivity contribution in [3.63, 3.8) is 0 Å². The fourth-order valence-corrected chi connectivity index (χ4v) is 3.50. The number of furan rings is 1. The van der Waals surface area contributed by atoms with Gasteiger partial charge in [-0.2, -0.15) is 0 Å². The lowest BCUT2D eigenvalue weighted by Crippen LogP contribution is -2.01. The van der Waals surface area contributed by atoms with Crippen LogP contribution in [0.15, 0.2) is 59.0 Å². The van der Waals surface area contributed by atoms with Gasteiger partial charge < -0.3 is 9.52 Å². The number of hydrogen-bond donors (Lipinski definition) is 1. The Hall–Kier alpha value is -3.08. The number of benzene rings is 2. The van der Waals surface area contributed by atoms with Gasteiger partial charge in [-0.15, -0.1) is 0 Å². The summed E-state index contributed by atoms with van der Waals surface area (Å²) in [5.41, 5.74) is 3.02. The number of carboxylic acid groups (broad SMARTS) is 1. The molecule has 4 rings (SSSR count). The molecule has 6 heteroatoms. The first kappa shape index (κ1) is 19.2. The average molecular weight is 424 g/mol. The molecule has 0 saturated carbocycles. The summed E-state index contributed by atoms with van der Waals surface area (Å²) < 4.78 is 5.84. The molecule has 4 aromatic rings. The first-order valence-corrected chi connectivity index (χ1v) is 9.55. The highest BCUT2D eigenvalue weighted by atomic mass is 35.5. The highest BCUT2D eigenvalue weighted by molar-refractivity contribution is 6.35. The number of carboxylic acids is 1. The Balaban J connectivity index is 1.71. The molecule has 0 saturated heterocycles. The van der Waals surface area contributed by atoms with E-state index in [-0.39, 0.29) is 5.56 Å². The van der Waals surface area contributed by atoms with E-state index < -0.39 is 5.97 Å². The second kappa shape index (κ2) is 7.74. The monoisotopic (exact) mass is 423 g/mol. The molecule has 144 valence electrons. The maximum atomic E-state index is 11.7. The van der Waals surface area contributed by atoms with Crippen LogP contribution in [-0.4, -0.2) is 16.1 Å². The third kappa shape index (κ3) is 3.90. The predicted octanol–water partition coefficient (Wildman–Crippen LogP) is 6.98. The van der Waals surface area contributed by atoms with Crippen molar-refractivity contribution in [3.8, 4) is 11.3 Å². The molecule has 0 aliphatic carbocycles. The minimum Gasteiger partial charge on any atom is -0.478 e. The number of aromatic carboxylic acids is 1. The predicted molar refractivity (Wildman–Crippen MR) is 117 cm³/mol. The van der Waals surface area contributed by atoms with Crippen molar-refractivity contribution in [1.82, 2.24) is 4.98 Å². The molecule has 2 heterocycles. The van der Waals surface area contributed by atoms with Crippen LogP contribution in [0.25, 0.3) is 34.4 Å². The summed E-state index contributed by atoms with van der Waals surface area (Å²) in [7, 11) is 0. The van der Waals surface area contributed by atoms with Crippen LogP contribution >= 0.6 is 23.2 Å². The molecule has 1 N–H and O–H groups in total. The van der Waals surface area contributed by atoms with Gasteiger partial charge >= 0.3 is 5.97 Å². The number of hydrogen-bond acceptors (Lipinski definition) is 3. The van der Waals surface area contributed by atoms with Gasteiger partial charge in [0.25, 0.3) is 0 Å². The zero-order chi connectivity index (χ0) is 20.5. The number of pyridine rings is 1. The first-order valence-electron chi connectivity index (χ1n) is 8.79. The van der Waals surface area contributed by atoms with Crippen LogP contribution in [0.4, 0.5) is 0 Å². The summed E-state index contributed by atoms with van der Waals surface area (Å²) in [5, 5.41) is 11.3. The van der Waals surface area contributed by atoms with E-state index in [1.54, 1.807) is 54.6 Å². The van der Waals surface area contributed by atoms with Crippen LogP contribution in [0.2, 0.25) is 10.0 Å². The number of aromatic nitrogens is 1. The van der Waals surface area contributed by atoms with E-state index in [0.717, 1.165) is 5.56 Å². The Morgan fingerprint density at radius 1 is 1.07 bits per heavy atom. The van der Waals surface area contributed by atoms with Crippen LogP contribution in [0.3, 0.4) is 0 Å². The number of nitrogens with zero attached hydrogens (tertiary/aromatic N) is 1. The summed E-state index contributed by atoms with van der Waals surface area (Å²) in [6.45, 7) is 1.90. The van der Waals surface area contributed by atoms with E-state index in [1.165, 1.54) is 0 Å². The SMILES string of the molecule is Cc1cccc2c(C(=O)O)cc(C=Cc3ccc(-c4cc(Cl)ccc4Cl)o3)nc12. The minimum atomic E-state index is -0.992. The molecule has 0 spiro atoms. The average Bonchev–Trinajstić information content (AvgIpc) is 3.17. The summed E-state index contributed by atoms with van der Waals surface area (Å²) in [5.74, 6) is 0.179.